The van der Waals surface area contributed by atoms with Gasteiger partial charge in [0.05, 0.1) is 41.6 Å². The third-order valence-corrected chi connectivity index (χ3v) is 11.0. The molecule has 52 heavy (non-hydrogen) atoms. The molecule has 0 radical (unpaired) electrons. The van der Waals surface area contributed by atoms with Crippen LogP contribution in [0.5, 0.6) is 11.5 Å². The van der Waals surface area contributed by atoms with Crippen LogP contribution in [0.3, 0.4) is 0 Å². The number of para-hydroxylation sites is 1. The van der Waals surface area contributed by atoms with Crippen LogP contribution in [0.25, 0.3) is 28.6 Å². The number of sulfone groups is 1. The van der Waals surface area contributed by atoms with E-state index in [0.29, 0.717) is 34.9 Å². The highest BCUT2D eigenvalue weighted by atomic mass is 32.2. The minimum atomic E-state index is -3.47. The second-order valence-corrected chi connectivity index (χ2v) is 14.9. The number of rotatable bonds is 9. The van der Waals surface area contributed by atoms with Crippen molar-refractivity contribution in [2.45, 2.75) is 26.0 Å². The number of benzene rings is 4. The number of ether oxygens (including phenoxy) is 2. The third kappa shape index (κ3) is 6.76. The van der Waals surface area contributed by atoms with E-state index in [1.807, 2.05) is 91.9 Å². The lowest BCUT2D eigenvalue weighted by molar-refractivity contribution is -0.142. The molecular formula is C41H34N4O6S. The van der Waals surface area contributed by atoms with Gasteiger partial charge in [-0.3, -0.25) is 14.5 Å². The first-order valence-corrected chi connectivity index (χ1v) is 18.5. The number of nitrogens with zero attached hydrogens (tertiary/aromatic N) is 4. The van der Waals surface area contributed by atoms with Crippen molar-refractivity contribution in [3.05, 3.63) is 143 Å². The van der Waals surface area contributed by atoms with Gasteiger partial charge in [-0.15, -0.1) is 0 Å². The Bertz CT molecular complexity index is 2390. The van der Waals surface area contributed by atoms with Crippen LogP contribution in [0.4, 0.5) is 0 Å². The molecule has 3 heterocycles. The smallest absolute Gasteiger partial charge is 0.272 e. The largest absolute Gasteiger partial charge is 0.497 e. The Labute approximate surface area is 301 Å². The molecule has 5 aromatic rings. The molecule has 0 aliphatic carbocycles. The maximum absolute atomic E-state index is 14.5. The number of aryl methyl sites for hydroxylation is 1. The zero-order valence-corrected chi connectivity index (χ0v) is 29.3. The van der Waals surface area contributed by atoms with Crippen LogP contribution in [0.1, 0.15) is 28.7 Å². The molecule has 2 aliphatic heterocycles. The van der Waals surface area contributed by atoms with Crippen molar-refractivity contribution in [1.29, 1.82) is 5.26 Å². The van der Waals surface area contributed by atoms with Gasteiger partial charge in [-0.05, 0) is 78.6 Å². The fraction of sp³-hybridized carbons (Fsp3) is 0.171. The first-order valence-electron chi connectivity index (χ1n) is 16.7. The van der Waals surface area contributed by atoms with Crippen molar-refractivity contribution in [3.8, 4) is 34.5 Å². The topological polar surface area (TPSA) is 132 Å². The summed E-state index contributed by atoms with van der Waals surface area (Å²) in [5.41, 5.74) is 4.95. The van der Waals surface area contributed by atoms with E-state index in [9.17, 15) is 23.3 Å². The van der Waals surface area contributed by atoms with Crippen LogP contribution in [0.2, 0.25) is 0 Å². The van der Waals surface area contributed by atoms with Crippen LogP contribution >= 0.6 is 0 Å². The van der Waals surface area contributed by atoms with E-state index in [1.165, 1.54) is 7.11 Å². The number of hydrogen-bond donors (Lipinski definition) is 0. The predicted octanol–water partition coefficient (Wildman–Crippen LogP) is 6.35. The van der Waals surface area contributed by atoms with Gasteiger partial charge in [0, 0.05) is 22.9 Å². The zero-order chi connectivity index (χ0) is 36.4. The van der Waals surface area contributed by atoms with Gasteiger partial charge >= 0.3 is 0 Å². The van der Waals surface area contributed by atoms with Gasteiger partial charge in [-0.1, -0.05) is 60.7 Å². The van der Waals surface area contributed by atoms with Gasteiger partial charge < -0.3 is 9.47 Å². The molecule has 1 saturated heterocycles. The predicted molar refractivity (Wildman–Crippen MR) is 197 cm³/mol. The van der Waals surface area contributed by atoms with E-state index < -0.39 is 27.7 Å². The molecule has 1 unspecified atom stereocenters. The summed E-state index contributed by atoms with van der Waals surface area (Å²) in [5, 5.41) is 15.4. The number of amides is 2. The Morgan fingerprint density at radius 2 is 1.62 bits per heavy atom. The van der Waals surface area contributed by atoms with Crippen molar-refractivity contribution in [2.75, 3.05) is 18.6 Å². The number of imide groups is 1. The minimum Gasteiger partial charge on any atom is -0.497 e. The molecule has 0 spiro atoms. The molecule has 1 aromatic heterocycles. The molecule has 2 aliphatic rings. The normalized spacial score (nSPS) is 17.8. The molecule has 0 saturated carbocycles. The van der Waals surface area contributed by atoms with Gasteiger partial charge in [0.2, 0.25) is 0 Å². The highest BCUT2D eigenvalue weighted by Gasteiger charge is 2.45. The van der Waals surface area contributed by atoms with E-state index in [1.54, 1.807) is 41.2 Å². The standard InChI is InChI=1S/C41H34N4O6S/c1-27-21-30(15-18-37(27)51-25-28-9-5-3-6-10-28)39-31(24-44(43-39)32-11-7-4-8-12-32)22-35-38(29-13-16-34(50-2)17-14-29)36(23-42)41(47)45(40(35)46)33-19-20-52(48,49)26-33/h3-18,21-22,24,33H,19-20,25-26H2,1-2H3/b35-22-. The Hall–Kier alpha value is -6.25. The maximum atomic E-state index is 14.5. The van der Waals surface area contributed by atoms with E-state index >= 15 is 0 Å². The third-order valence-electron chi connectivity index (χ3n) is 9.21. The number of nitriles is 1. The van der Waals surface area contributed by atoms with Gasteiger partial charge in [0.15, 0.2) is 9.84 Å². The average Bonchev–Trinajstić information content (AvgIpc) is 3.75. The molecular weight excluding hydrogens is 677 g/mol. The summed E-state index contributed by atoms with van der Waals surface area (Å²) < 4.78 is 38.2. The molecule has 11 heteroatoms. The average molecular weight is 711 g/mol. The first-order chi connectivity index (χ1) is 25.2. The van der Waals surface area contributed by atoms with Gasteiger partial charge in [0.25, 0.3) is 11.8 Å². The highest BCUT2D eigenvalue weighted by molar-refractivity contribution is 7.91. The first kappa shape index (κ1) is 34.2. The van der Waals surface area contributed by atoms with Crippen LogP contribution < -0.4 is 9.47 Å². The van der Waals surface area contributed by atoms with E-state index in [4.69, 9.17) is 14.6 Å². The van der Waals surface area contributed by atoms with Crippen molar-refractivity contribution in [3.63, 3.8) is 0 Å². The van der Waals surface area contributed by atoms with Crippen molar-refractivity contribution in [2.24, 2.45) is 0 Å². The molecule has 1 fully saturated rings. The maximum Gasteiger partial charge on any atom is 0.272 e. The molecule has 7 rings (SSSR count). The minimum absolute atomic E-state index is 0.0685. The summed E-state index contributed by atoms with van der Waals surface area (Å²) in [5.74, 6) is -0.748. The molecule has 4 aromatic carbocycles. The Balaban J connectivity index is 1.38. The fourth-order valence-corrected chi connectivity index (χ4v) is 8.28. The Kier molecular flexibility index (Phi) is 9.32. The second kappa shape index (κ2) is 14.2. The van der Waals surface area contributed by atoms with Crippen molar-refractivity contribution < 1.29 is 27.5 Å². The lowest BCUT2D eigenvalue weighted by Crippen LogP contribution is -2.49. The lowest BCUT2D eigenvalue weighted by atomic mass is 9.86. The number of methoxy groups -OCH3 is 1. The number of hydrogen-bond acceptors (Lipinski definition) is 8. The number of carbonyl (C=O) groups is 2. The zero-order valence-electron chi connectivity index (χ0n) is 28.5. The molecule has 2 amide bonds. The molecule has 260 valence electrons. The van der Waals surface area contributed by atoms with Crippen LogP contribution in [0, 0.1) is 18.3 Å². The summed E-state index contributed by atoms with van der Waals surface area (Å²) in [7, 11) is -1.94. The quantitative estimate of drug-likeness (QED) is 0.128. The van der Waals surface area contributed by atoms with Crippen LogP contribution in [-0.2, 0) is 26.0 Å². The van der Waals surface area contributed by atoms with Gasteiger partial charge in [-0.25, -0.2) is 13.1 Å². The SMILES string of the molecule is COc1ccc(C2=C(C#N)C(=O)N(C3CCS(=O)(=O)C3)C(=O)/C2=C\c2cn(-c3ccccc3)nc2-c2ccc(OCc3ccccc3)c(C)c2)cc1. The summed E-state index contributed by atoms with van der Waals surface area (Å²) in [6.45, 7) is 2.35. The molecule has 1 atom stereocenters. The molecule has 0 bridgehead atoms. The van der Waals surface area contributed by atoms with Gasteiger partial charge in [-0.2, -0.15) is 10.4 Å². The Morgan fingerprint density at radius 3 is 2.25 bits per heavy atom. The number of aromatic nitrogens is 2. The van der Waals surface area contributed by atoms with E-state index in [0.717, 1.165) is 27.3 Å². The molecule has 10 nitrogen and oxygen atoms in total. The summed E-state index contributed by atoms with van der Waals surface area (Å²) in [6.07, 6.45) is 3.52. The van der Waals surface area contributed by atoms with E-state index in [2.05, 4.69) is 0 Å². The fourth-order valence-electron chi connectivity index (χ4n) is 6.58. The van der Waals surface area contributed by atoms with E-state index in [-0.39, 0.29) is 34.6 Å². The Morgan fingerprint density at radius 1 is 0.923 bits per heavy atom. The molecule has 0 N–H and O–H groups in total. The summed E-state index contributed by atoms with van der Waals surface area (Å²) >= 11 is 0. The van der Waals surface area contributed by atoms with Crippen LogP contribution in [-0.4, -0.2) is 59.6 Å². The number of carbonyl (C=O) groups excluding carboxylic acids is 2. The monoisotopic (exact) mass is 710 g/mol. The second-order valence-electron chi connectivity index (χ2n) is 12.7. The summed E-state index contributed by atoms with van der Waals surface area (Å²) in [4.78, 5) is 29.4. The van der Waals surface area contributed by atoms with Gasteiger partial charge in [0.1, 0.15) is 29.7 Å². The van der Waals surface area contributed by atoms with Crippen molar-refractivity contribution >= 4 is 33.3 Å². The summed E-state index contributed by atoms with van der Waals surface area (Å²) in [6, 6.07) is 33.0. The lowest BCUT2D eigenvalue weighted by Gasteiger charge is -2.32. The van der Waals surface area contributed by atoms with Crippen LogP contribution in [0.15, 0.2) is 120 Å². The van der Waals surface area contributed by atoms with Crippen molar-refractivity contribution in [1.82, 2.24) is 14.7 Å². The highest BCUT2D eigenvalue weighted by Crippen LogP contribution is 2.39.